The SMILES string of the molecule is CC(=O)c1ccc2c(C(C)(C)C)[nH]nc2c1. The fraction of sp³-hybridized carbons (Fsp3) is 0.385. The summed E-state index contributed by atoms with van der Waals surface area (Å²) >= 11 is 0. The fourth-order valence-electron chi connectivity index (χ4n) is 1.80. The molecule has 0 unspecified atom stereocenters. The van der Waals surface area contributed by atoms with E-state index in [2.05, 4.69) is 31.0 Å². The molecule has 1 N–H and O–H groups in total. The molecular weight excluding hydrogens is 200 g/mol. The van der Waals surface area contributed by atoms with Crippen molar-refractivity contribution in [1.29, 1.82) is 0 Å². The van der Waals surface area contributed by atoms with Crippen LogP contribution < -0.4 is 0 Å². The number of H-pyrrole nitrogens is 1. The number of hydrogen-bond acceptors (Lipinski definition) is 2. The van der Waals surface area contributed by atoms with Crippen molar-refractivity contribution < 1.29 is 4.79 Å². The molecule has 0 bridgehead atoms. The van der Waals surface area contributed by atoms with Crippen molar-refractivity contribution in [3.63, 3.8) is 0 Å². The summed E-state index contributed by atoms with van der Waals surface area (Å²) < 4.78 is 0. The molecule has 0 aliphatic heterocycles. The van der Waals surface area contributed by atoms with Gasteiger partial charge in [0.1, 0.15) is 0 Å². The van der Waals surface area contributed by atoms with Crippen LogP contribution in [0, 0.1) is 0 Å². The summed E-state index contributed by atoms with van der Waals surface area (Å²) in [6.07, 6.45) is 0. The Balaban J connectivity index is 2.64. The number of aromatic nitrogens is 2. The van der Waals surface area contributed by atoms with E-state index in [1.165, 1.54) is 0 Å². The van der Waals surface area contributed by atoms with Gasteiger partial charge in [-0.1, -0.05) is 32.9 Å². The minimum atomic E-state index is 0.0342. The number of rotatable bonds is 1. The van der Waals surface area contributed by atoms with Gasteiger partial charge >= 0.3 is 0 Å². The Hall–Kier alpha value is -1.64. The second-order valence-electron chi connectivity index (χ2n) is 5.14. The topological polar surface area (TPSA) is 45.8 Å². The van der Waals surface area contributed by atoms with E-state index in [-0.39, 0.29) is 11.2 Å². The predicted octanol–water partition coefficient (Wildman–Crippen LogP) is 3.06. The van der Waals surface area contributed by atoms with Crippen LogP contribution in [0.1, 0.15) is 43.7 Å². The molecule has 0 spiro atoms. The van der Waals surface area contributed by atoms with Crippen molar-refractivity contribution >= 4 is 16.7 Å². The molecule has 1 heterocycles. The van der Waals surface area contributed by atoms with E-state index < -0.39 is 0 Å². The average molecular weight is 216 g/mol. The summed E-state index contributed by atoms with van der Waals surface area (Å²) in [5.74, 6) is 0.0715. The summed E-state index contributed by atoms with van der Waals surface area (Å²) in [6, 6.07) is 5.66. The summed E-state index contributed by atoms with van der Waals surface area (Å²) in [5, 5.41) is 8.40. The number of carbonyl (C=O) groups excluding carboxylic acids is 1. The van der Waals surface area contributed by atoms with Gasteiger partial charge < -0.3 is 0 Å². The Morgan fingerprint density at radius 3 is 2.56 bits per heavy atom. The van der Waals surface area contributed by atoms with Gasteiger partial charge in [0.2, 0.25) is 0 Å². The van der Waals surface area contributed by atoms with E-state index in [0.717, 1.165) is 16.6 Å². The Labute approximate surface area is 94.9 Å². The van der Waals surface area contributed by atoms with E-state index in [9.17, 15) is 4.79 Å². The first kappa shape index (κ1) is 10.9. The molecule has 0 aliphatic carbocycles. The van der Waals surface area contributed by atoms with Crippen molar-refractivity contribution in [2.75, 3.05) is 0 Å². The number of Topliss-reactive ketones (excluding diaryl/α,β-unsaturated/α-hetero) is 1. The number of aromatic amines is 1. The van der Waals surface area contributed by atoms with E-state index in [4.69, 9.17) is 0 Å². The maximum absolute atomic E-state index is 11.3. The summed E-state index contributed by atoms with van der Waals surface area (Å²) in [6.45, 7) is 7.98. The van der Waals surface area contributed by atoms with Crippen LogP contribution in [0.3, 0.4) is 0 Å². The van der Waals surface area contributed by atoms with Crippen LogP contribution in [0.4, 0.5) is 0 Å². The van der Waals surface area contributed by atoms with Crippen LogP contribution in [0.5, 0.6) is 0 Å². The molecule has 3 heteroatoms. The molecule has 1 aromatic carbocycles. The highest BCUT2D eigenvalue weighted by molar-refractivity contribution is 5.98. The van der Waals surface area contributed by atoms with Crippen molar-refractivity contribution in [2.24, 2.45) is 0 Å². The highest BCUT2D eigenvalue weighted by atomic mass is 16.1. The number of nitrogens with one attached hydrogen (secondary N) is 1. The van der Waals surface area contributed by atoms with Gasteiger partial charge in [0.05, 0.1) is 5.52 Å². The number of carbonyl (C=O) groups is 1. The van der Waals surface area contributed by atoms with Crippen LogP contribution in [-0.4, -0.2) is 16.0 Å². The van der Waals surface area contributed by atoms with Crippen molar-refractivity contribution in [3.05, 3.63) is 29.5 Å². The van der Waals surface area contributed by atoms with Crippen molar-refractivity contribution in [3.8, 4) is 0 Å². The zero-order valence-corrected chi connectivity index (χ0v) is 10.1. The number of ketones is 1. The fourth-order valence-corrected chi connectivity index (χ4v) is 1.80. The zero-order valence-electron chi connectivity index (χ0n) is 10.1. The maximum atomic E-state index is 11.3. The average Bonchev–Trinajstić information content (AvgIpc) is 2.58. The van der Waals surface area contributed by atoms with Gasteiger partial charge in [-0.2, -0.15) is 5.10 Å². The Bertz CT molecular complexity index is 547. The molecule has 0 aliphatic rings. The Morgan fingerprint density at radius 1 is 1.31 bits per heavy atom. The molecule has 0 radical (unpaired) electrons. The highest BCUT2D eigenvalue weighted by Gasteiger charge is 2.19. The lowest BCUT2D eigenvalue weighted by Crippen LogP contribution is -2.11. The van der Waals surface area contributed by atoms with E-state index in [1.54, 1.807) is 6.92 Å². The normalized spacial score (nSPS) is 12.0. The zero-order chi connectivity index (χ0) is 11.9. The maximum Gasteiger partial charge on any atom is 0.159 e. The second-order valence-corrected chi connectivity index (χ2v) is 5.14. The second kappa shape index (κ2) is 3.44. The molecule has 0 atom stereocenters. The van der Waals surface area contributed by atoms with Gasteiger partial charge in [-0.3, -0.25) is 9.89 Å². The Morgan fingerprint density at radius 2 is 2.00 bits per heavy atom. The summed E-state index contributed by atoms with van der Waals surface area (Å²) in [7, 11) is 0. The van der Waals surface area contributed by atoms with Crippen LogP contribution in [0.25, 0.3) is 10.9 Å². The lowest BCUT2D eigenvalue weighted by atomic mass is 9.89. The molecule has 84 valence electrons. The molecule has 3 nitrogen and oxygen atoms in total. The van der Waals surface area contributed by atoms with Gasteiger partial charge in [0.15, 0.2) is 5.78 Å². The molecule has 0 saturated carbocycles. The van der Waals surface area contributed by atoms with Crippen LogP contribution in [0.2, 0.25) is 0 Å². The highest BCUT2D eigenvalue weighted by Crippen LogP contribution is 2.28. The smallest absolute Gasteiger partial charge is 0.159 e. The molecule has 2 aromatic rings. The van der Waals surface area contributed by atoms with Gasteiger partial charge in [-0.15, -0.1) is 0 Å². The Kier molecular flexibility index (Phi) is 2.34. The first-order chi connectivity index (χ1) is 7.39. The lowest BCUT2D eigenvalue weighted by molar-refractivity contribution is 0.101. The first-order valence-electron chi connectivity index (χ1n) is 5.39. The van der Waals surface area contributed by atoms with Crippen LogP contribution in [0.15, 0.2) is 18.2 Å². The third-order valence-corrected chi connectivity index (χ3v) is 2.71. The van der Waals surface area contributed by atoms with E-state index >= 15 is 0 Å². The molecular formula is C13H16N2O. The largest absolute Gasteiger partial charge is 0.295 e. The monoisotopic (exact) mass is 216 g/mol. The minimum Gasteiger partial charge on any atom is -0.295 e. The minimum absolute atomic E-state index is 0.0342. The lowest BCUT2D eigenvalue weighted by Gasteiger charge is -2.16. The standard InChI is InChI=1S/C13H16N2O/c1-8(16)9-5-6-10-11(7-9)14-15-12(10)13(2,3)4/h5-7H,1-4H3,(H,14,15). The number of fused-ring (bicyclic) bond motifs is 1. The van der Waals surface area contributed by atoms with E-state index in [0.29, 0.717) is 5.56 Å². The van der Waals surface area contributed by atoms with Crippen LogP contribution in [-0.2, 0) is 5.41 Å². The number of hydrogen-bond donors (Lipinski definition) is 1. The third kappa shape index (κ3) is 1.73. The molecule has 0 saturated heterocycles. The number of nitrogens with zero attached hydrogens (tertiary/aromatic N) is 1. The van der Waals surface area contributed by atoms with Gasteiger partial charge in [-0.25, -0.2) is 0 Å². The first-order valence-corrected chi connectivity index (χ1v) is 5.39. The number of benzene rings is 1. The van der Waals surface area contributed by atoms with Crippen molar-refractivity contribution in [1.82, 2.24) is 10.2 Å². The quantitative estimate of drug-likeness (QED) is 0.744. The molecule has 0 amide bonds. The predicted molar refractivity (Wildman–Crippen MR) is 64.8 cm³/mol. The molecule has 1 aromatic heterocycles. The van der Waals surface area contributed by atoms with Crippen LogP contribution >= 0.6 is 0 Å². The van der Waals surface area contributed by atoms with Gasteiger partial charge in [-0.05, 0) is 13.0 Å². The molecule has 0 fully saturated rings. The van der Waals surface area contributed by atoms with Crippen molar-refractivity contribution in [2.45, 2.75) is 33.1 Å². The van der Waals surface area contributed by atoms with E-state index in [1.807, 2.05) is 18.2 Å². The third-order valence-electron chi connectivity index (χ3n) is 2.71. The summed E-state index contributed by atoms with van der Waals surface area (Å²) in [5.41, 5.74) is 2.71. The van der Waals surface area contributed by atoms with Gasteiger partial charge in [0.25, 0.3) is 0 Å². The molecule has 16 heavy (non-hydrogen) atoms. The molecule has 2 rings (SSSR count). The summed E-state index contributed by atoms with van der Waals surface area (Å²) in [4.78, 5) is 11.3. The van der Waals surface area contributed by atoms with Gasteiger partial charge in [0, 0.05) is 22.1 Å².